The average Bonchev–Trinajstić information content (AvgIpc) is 2.74. The molecule has 0 aromatic carbocycles. The van der Waals surface area contributed by atoms with E-state index in [1.807, 2.05) is 0 Å². The van der Waals surface area contributed by atoms with Gasteiger partial charge in [0.15, 0.2) is 0 Å². The van der Waals surface area contributed by atoms with Crippen LogP contribution in [0, 0.1) is 0 Å². The second-order valence-corrected chi connectivity index (χ2v) is 4.43. The minimum absolute atomic E-state index is 1.01. The zero-order valence-corrected chi connectivity index (χ0v) is 9.13. The van der Waals surface area contributed by atoms with E-state index < -0.39 is 0 Å². The van der Waals surface area contributed by atoms with Gasteiger partial charge in [-0.2, -0.15) is 0 Å². The van der Waals surface area contributed by atoms with E-state index >= 15 is 0 Å². The van der Waals surface area contributed by atoms with Crippen LogP contribution in [0.1, 0.15) is 0 Å². The number of thiophene rings is 1. The van der Waals surface area contributed by atoms with Gasteiger partial charge >= 0.3 is 0 Å². The minimum atomic E-state index is 1.01. The van der Waals surface area contributed by atoms with Crippen molar-refractivity contribution in [3.05, 3.63) is 17.8 Å². The first-order valence-corrected chi connectivity index (χ1v) is 5.97. The van der Waals surface area contributed by atoms with E-state index in [1.54, 1.807) is 23.7 Å². The van der Waals surface area contributed by atoms with Crippen LogP contribution in [0.25, 0.3) is 11.0 Å². The number of aromatic nitrogens is 2. The molecule has 5 heteroatoms. The molecule has 1 N–H and O–H groups in total. The Hall–Kier alpha value is -1.20. The molecule has 1 fully saturated rings. The molecule has 0 atom stereocenters. The van der Waals surface area contributed by atoms with Crippen LogP contribution in [0.2, 0.25) is 0 Å². The number of hydrogen-bond donors (Lipinski definition) is 1. The van der Waals surface area contributed by atoms with E-state index in [2.05, 4.69) is 25.6 Å². The molecule has 0 aliphatic carbocycles. The lowest BCUT2D eigenvalue weighted by atomic mass is 10.3. The predicted octanol–water partition coefficient (Wildman–Crippen LogP) is 1.10. The number of rotatable bonds is 1. The maximum atomic E-state index is 4.40. The summed E-state index contributed by atoms with van der Waals surface area (Å²) in [6.45, 7) is 4.23. The molecule has 0 spiro atoms. The third-order valence-corrected chi connectivity index (χ3v) is 3.63. The molecule has 15 heavy (non-hydrogen) atoms. The van der Waals surface area contributed by atoms with Crippen molar-refractivity contribution in [1.82, 2.24) is 15.3 Å². The lowest BCUT2D eigenvalue weighted by molar-refractivity contribution is 0.592. The smallest absolute Gasteiger partial charge is 0.123 e. The van der Waals surface area contributed by atoms with Gasteiger partial charge in [0.25, 0.3) is 0 Å². The van der Waals surface area contributed by atoms with Gasteiger partial charge in [-0.25, -0.2) is 4.98 Å². The summed E-state index contributed by atoms with van der Waals surface area (Å²) in [5.41, 5.74) is 2.06. The molecule has 0 amide bonds. The highest BCUT2D eigenvalue weighted by molar-refractivity contribution is 7.16. The van der Waals surface area contributed by atoms with Crippen LogP contribution in [-0.2, 0) is 0 Å². The number of nitrogens with one attached hydrogen (secondary N) is 1. The van der Waals surface area contributed by atoms with Gasteiger partial charge in [-0.15, -0.1) is 11.3 Å². The number of piperazine rings is 1. The Morgan fingerprint density at radius 1 is 1.20 bits per heavy atom. The summed E-state index contributed by atoms with van der Waals surface area (Å²) >= 11 is 1.74. The van der Waals surface area contributed by atoms with E-state index in [0.717, 1.165) is 37.2 Å². The lowest BCUT2D eigenvalue weighted by Gasteiger charge is -2.27. The molecule has 3 heterocycles. The fourth-order valence-electron chi connectivity index (χ4n) is 1.86. The third-order valence-electron chi connectivity index (χ3n) is 2.62. The Morgan fingerprint density at radius 3 is 2.87 bits per heavy atom. The zero-order chi connectivity index (χ0) is 10.1. The van der Waals surface area contributed by atoms with E-state index in [-0.39, 0.29) is 0 Å². The van der Waals surface area contributed by atoms with Gasteiger partial charge in [-0.3, -0.25) is 4.98 Å². The highest BCUT2D eigenvalue weighted by Crippen LogP contribution is 2.31. The fourth-order valence-corrected chi connectivity index (χ4v) is 2.86. The van der Waals surface area contributed by atoms with Crippen molar-refractivity contribution in [2.75, 3.05) is 31.1 Å². The number of anilines is 1. The average molecular weight is 220 g/mol. The summed E-state index contributed by atoms with van der Waals surface area (Å²) in [5.74, 6) is 0. The van der Waals surface area contributed by atoms with Crippen molar-refractivity contribution >= 4 is 27.4 Å². The maximum absolute atomic E-state index is 4.40. The SMILES string of the molecule is c1cnc2c(N3CCNCC3)scc2n1. The lowest BCUT2D eigenvalue weighted by Crippen LogP contribution is -2.43. The van der Waals surface area contributed by atoms with Gasteiger partial charge in [-0.05, 0) is 0 Å². The van der Waals surface area contributed by atoms with Crippen molar-refractivity contribution in [2.24, 2.45) is 0 Å². The number of nitrogens with zero attached hydrogens (tertiary/aromatic N) is 3. The molecular formula is C10H12N4S. The van der Waals surface area contributed by atoms with Crippen LogP contribution in [0.3, 0.4) is 0 Å². The van der Waals surface area contributed by atoms with Crippen LogP contribution in [0.5, 0.6) is 0 Å². The largest absolute Gasteiger partial charge is 0.359 e. The summed E-state index contributed by atoms with van der Waals surface area (Å²) in [4.78, 5) is 11.1. The second-order valence-electron chi connectivity index (χ2n) is 3.57. The summed E-state index contributed by atoms with van der Waals surface area (Å²) in [6.07, 6.45) is 3.51. The Labute approximate surface area is 92.0 Å². The Morgan fingerprint density at radius 2 is 2.00 bits per heavy atom. The van der Waals surface area contributed by atoms with Crippen molar-refractivity contribution in [3.8, 4) is 0 Å². The van der Waals surface area contributed by atoms with Gasteiger partial charge in [0.05, 0.1) is 0 Å². The van der Waals surface area contributed by atoms with Crippen LogP contribution < -0.4 is 10.2 Å². The molecule has 1 aliphatic rings. The highest BCUT2D eigenvalue weighted by atomic mass is 32.1. The first kappa shape index (κ1) is 9.06. The molecule has 0 bridgehead atoms. The number of fused-ring (bicyclic) bond motifs is 1. The standard InChI is InChI=1S/C10H12N4S/c1-2-13-9-8(12-1)7-15-10(9)14-5-3-11-4-6-14/h1-2,7,11H,3-6H2. The van der Waals surface area contributed by atoms with Gasteiger partial charge in [0.1, 0.15) is 16.0 Å². The predicted molar refractivity (Wildman–Crippen MR) is 62.5 cm³/mol. The molecule has 0 unspecified atom stereocenters. The Kier molecular flexibility index (Phi) is 2.26. The molecule has 4 nitrogen and oxygen atoms in total. The van der Waals surface area contributed by atoms with Crippen LogP contribution in [0.15, 0.2) is 17.8 Å². The Balaban J connectivity index is 2.02. The second kappa shape index (κ2) is 3.75. The van der Waals surface area contributed by atoms with Crippen molar-refractivity contribution < 1.29 is 0 Å². The van der Waals surface area contributed by atoms with E-state index in [0.29, 0.717) is 0 Å². The van der Waals surface area contributed by atoms with Gasteiger partial charge < -0.3 is 10.2 Å². The first-order valence-electron chi connectivity index (χ1n) is 5.09. The maximum Gasteiger partial charge on any atom is 0.123 e. The van der Waals surface area contributed by atoms with Crippen LogP contribution in [-0.4, -0.2) is 36.1 Å². The molecule has 2 aromatic rings. The van der Waals surface area contributed by atoms with Crippen LogP contribution in [0.4, 0.5) is 5.00 Å². The molecule has 78 valence electrons. The molecule has 3 rings (SSSR count). The molecule has 1 saturated heterocycles. The summed E-state index contributed by atoms with van der Waals surface area (Å²) in [6, 6.07) is 0. The quantitative estimate of drug-likeness (QED) is 0.781. The van der Waals surface area contributed by atoms with Crippen molar-refractivity contribution in [2.45, 2.75) is 0 Å². The molecule has 0 saturated carbocycles. The monoisotopic (exact) mass is 220 g/mol. The van der Waals surface area contributed by atoms with E-state index in [4.69, 9.17) is 0 Å². The van der Waals surface area contributed by atoms with Gasteiger partial charge in [0.2, 0.25) is 0 Å². The van der Waals surface area contributed by atoms with Crippen LogP contribution >= 0.6 is 11.3 Å². The molecule has 0 radical (unpaired) electrons. The van der Waals surface area contributed by atoms with Crippen molar-refractivity contribution in [3.63, 3.8) is 0 Å². The van der Waals surface area contributed by atoms with Gasteiger partial charge in [0, 0.05) is 44.0 Å². The summed E-state index contributed by atoms with van der Waals surface area (Å²) in [7, 11) is 0. The summed E-state index contributed by atoms with van der Waals surface area (Å²) in [5, 5.41) is 6.70. The van der Waals surface area contributed by atoms with E-state index in [1.165, 1.54) is 5.00 Å². The number of hydrogen-bond acceptors (Lipinski definition) is 5. The molecule has 1 aliphatic heterocycles. The van der Waals surface area contributed by atoms with Crippen molar-refractivity contribution in [1.29, 1.82) is 0 Å². The topological polar surface area (TPSA) is 41.1 Å². The summed E-state index contributed by atoms with van der Waals surface area (Å²) < 4.78 is 0. The fraction of sp³-hybridized carbons (Fsp3) is 0.400. The van der Waals surface area contributed by atoms with Gasteiger partial charge in [-0.1, -0.05) is 0 Å². The zero-order valence-electron chi connectivity index (χ0n) is 8.31. The first-order chi connectivity index (χ1) is 7.45. The molecular weight excluding hydrogens is 208 g/mol. The third kappa shape index (κ3) is 1.57. The molecule has 2 aromatic heterocycles. The Bertz CT molecular complexity index is 461. The highest BCUT2D eigenvalue weighted by Gasteiger charge is 2.15. The van der Waals surface area contributed by atoms with E-state index in [9.17, 15) is 0 Å². The normalized spacial score (nSPS) is 17.2. The minimum Gasteiger partial charge on any atom is -0.359 e.